The van der Waals surface area contributed by atoms with Crippen LogP contribution in [0, 0.1) is 0 Å². The molecule has 0 heterocycles. The quantitative estimate of drug-likeness (QED) is 0.630. The summed E-state index contributed by atoms with van der Waals surface area (Å²) in [7, 11) is 1.00. The van der Waals surface area contributed by atoms with E-state index >= 15 is 0 Å². The number of hydrogen-bond acceptors (Lipinski definition) is 3. The first kappa shape index (κ1) is 16.9. The highest BCUT2D eigenvalue weighted by Gasteiger charge is 2.46. The zero-order valence-corrected chi connectivity index (χ0v) is 7.47. The van der Waals surface area contributed by atoms with Gasteiger partial charge in [0.2, 0.25) is 0 Å². The largest absolute Gasteiger partial charge is 0.414 e. The van der Waals surface area contributed by atoms with Gasteiger partial charge in [-0.3, -0.25) is 0 Å². The monoisotopic (exact) mass is 244 g/mol. The van der Waals surface area contributed by atoms with Crippen LogP contribution in [0.2, 0.25) is 0 Å². The fraction of sp³-hybridized carbons (Fsp3) is 1.00. The second-order valence-corrected chi connectivity index (χ2v) is 2.35. The molecule has 0 amide bonds. The van der Waals surface area contributed by atoms with Crippen molar-refractivity contribution in [1.29, 1.82) is 0 Å². The summed E-state index contributed by atoms with van der Waals surface area (Å²) in [6.45, 7) is 0. The van der Waals surface area contributed by atoms with Gasteiger partial charge in [0.1, 0.15) is 0 Å². The van der Waals surface area contributed by atoms with E-state index in [0.717, 1.165) is 7.11 Å². The van der Waals surface area contributed by atoms with Gasteiger partial charge >= 0.3 is 12.4 Å². The molecule has 3 N–H and O–H groups in total. The molecule has 0 aliphatic carbocycles. The third-order valence-corrected chi connectivity index (χ3v) is 1.20. The van der Waals surface area contributed by atoms with Gasteiger partial charge in [0.25, 0.3) is 0 Å². The molecule has 0 aromatic heterocycles. The van der Waals surface area contributed by atoms with Crippen molar-refractivity contribution in [2.24, 2.45) is 0 Å². The van der Waals surface area contributed by atoms with Crippen LogP contribution in [0.15, 0.2) is 0 Å². The zero-order valence-electron chi connectivity index (χ0n) is 7.47. The Morgan fingerprint density at radius 3 is 1.13 bits per heavy atom. The van der Waals surface area contributed by atoms with E-state index in [2.05, 4.69) is 0 Å². The zero-order chi connectivity index (χ0) is 12.9. The Morgan fingerprint density at radius 2 is 1.00 bits per heavy atom. The Balaban J connectivity index is 0. The second-order valence-electron chi connectivity index (χ2n) is 2.35. The highest BCUT2D eigenvalue weighted by atomic mass is 19.4. The summed E-state index contributed by atoms with van der Waals surface area (Å²) in [5, 5.41) is 23.3. The maximum atomic E-state index is 11.5. The number of alkyl halides is 6. The lowest BCUT2D eigenvalue weighted by atomic mass is 10.1. The van der Waals surface area contributed by atoms with Gasteiger partial charge in [-0.15, -0.1) is 0 Å². The number of aliphatic hydroxyl groups is 3. The normalized spacial score (nSPS) is 16.4. The minimum atomic E-state index is -5.15. The molecule has 0 aromatic rings. The van der Waals surface area contributed by atoms with Crippen LogP contribution in [0.1, 0.15) is 6.42 Å². The summed E-state index contributed by atoms with van der Waals surface area (Å²) in [6.07, 6.45) is -18.4. The SMILES string of the molecule is CO.OC(CC(O)C(F)(F)F)C(F)(F)F. The predicted molar refractivity (Wildman–Crippen MR) is 36.9 cm³/mol. The van der Waals surface area contributed by atoms with Crippen LogP contribution >= 0.6 is 0 Å². The minimum absolute atomic E-state index is 1.00. The Kier molecular flexibility index (Phi) is 6.90. The average Bonchev–Trinajstić information content (AvgIpc) is 2.04. The van der Waals surface area contributed by atoms with E-state index in [1.807, 2.05) is 0 Å². The van der Waals surface area contributed by atoms with Gasteiger partial charge in [-0.25, -0.2) is 0 Å². The molecule has 15 heavy (non-hydrogen) atoms. The molecule has 0 aliphatic rings. The van der Waals surface area contributed by atoms with E-state index in [0.29, 0.717) is 0 Å². The molecule has 0 radical (unpaired) electrons. The molecule has 0 saturated heterocycles. The molecule has 9 heteroatoms. The molecule has 0 rings (SSSR count). The molecule has 0 bridgehead atoms. The topological polar surface area (TPSA) is 60.7 Å². The first-order valence-electron chi connectivity index (χ1n) is 3.49. The highest BCUT2D eigenvalue weighted by Crippen LogP contribution is 2.29. The van der Waals surface area contributed by atoms with Gasteiger partial charge in [0.15, 0.2) is 12.2 Å². The van der Waals surface area contributed by atoms with Crippen molar-refractivity contribution in [3.63, 3.8) is 0 Å². The molecule has 2 atom stereocenters. The Bertz CT molecular complexity index is 147. The summed E-state index contributed by atoms with van der Waals surface area (Å²) < 4.78 is 68.8. The fourth-order valence-electron chi connectivity index (χ4n) is 0.479. The standard InChI is InChI=1S/C5H6F6O2.CH4O/c6-4(7,8)2(12)1-3(13)5(9,10)11;1-2/h2-3,12-13H,1H2;2H,1H3. The third kappa shape index (κ3) is 7.40. The summed E-state index contributed by atoms with van der Waals surface area (Å²) in [5.74, 6) is 0. The summed E-state index contributed by atoms with van der Waals surface area (Å²) in [6, 6.07) is 0. The summed E-state index contributed by atoms with van der Waals surface area (Å²) >= 11 is 0. The minimum Gasteiger partial charge on any atom is -0.400 e. The van der Waals surface area contributed by atoms with Crippen molar-refractivity contribution in [2.45, 2.75) is 31.0 Å². The molecule has 3 nitrogen and oxygen atoms in total. The van der Waals surface area contributed by atoms with Gasteiger partial charge in [0, 0.05) is 13.5 Å². The summed E-state index contributed by atoms with van der Waals surface area (Å²) in [4.78, 5) is 0. The lowest BCUT2D eigenvalue weighted by Crippen LogP contribution is -2.38. The molecule has 0 aromatic carbocycles. The van der Waals surface area contributed by atoms with Crippen LogP contribution in [-0.2, 0) is 0 Å². The van der Waals surface area contributed by atoms with Crippen molar-refractivity contribution in [1.82, 2.24) is 0 Å². The number of halogens is 6. The molecule has 0 spiro atoms. The van der Waals surface area contributed by atoms with Crippen molar-refractivity contribution in [3.8, 4) is 0 Å². The highest BCUT2D eigenvalue weighted by molar-refractivity contribution is 4.74. The van der Waals surface area contributed by atoms with E-state index < -0.39 is 31.0 Å². The van der Waals surface area contributed by atoms with E-state index in [1.165, 1.54) is 0 Å². The van der Waals surface area contributed by atoms with Crippen LogP contribution in [-0.4, -0.2) is 47.0 Å². The van der Waals surface area contributed by atoms with E-state index in [1.54, 1.807) is 0 Å². The van der Waals surface area contributed by atoms with Crippen LogP contribution < -0.4 is 0 Å². The maximum absolute atomic E-state index is 11.5. The predicted octanol–water partition coefficient (Wildman–Crippen LogP) is 0.831. The fourth-order valence-corrected chi connectivity index (χ4v) is 0.479. The van der Waals surface area contributed by atoms with Gasteiger partial charge in [-0.2, -0.15) is 26.3 Å². The lowest BCUT2D eigenvalue weighted by Gasteiger charge is -2.19. The Morgan fingerprint density at radius 1 is 0.800 bits per heavy atom. The first-order valence-corrected chi connectivity index (χ1v) is 3.49. The third-order valence-electron chi connectivity index (χ3n) is 1.20. The van der Waals surface area contributed by atoms with E-state index in [-0.39, 0.29) is 0 Å². The second kappa shape index (κ2) is 6.13. The van der Waals surface area contributed by atoms with Gasteiger partial charge in [-0.05, 0) is 0 Å². The van der Waals surface area contributed by atoms with Crippen LogP contribution in [0.3, 0.4) is 0 Å². The van der Waals surface area contributed by atoms with Crippen molar-refractivity contribution in [2.75, 3.05) is 7.11 Å². The molecule has 0 fully saturated rings. The van der Waals surface area contributed by atoms with Gasteiger partial charge in [0.05, 0.1) is 0 Å². The van der Waals surface area contributed by atoms with Crippen molar-refractivity contribution < 1.29 is 41.7 Å². The maximum Gasteiger partial charge on any atom is 0.414 e. The molecule has 2 unspecified atom stereocenters. The molecule has 0 saturated carbocycles. The Labute approximate surface area is 80.9 Å². The first-order chi connectivity index (χ1) is 6.55. The number of aliphatic hydroxyl groups excluding tert-OH is 3. The van der Waals surface area contributed by atoms with Crippen LogP contribution in [0.5, 0.6) is 0 Å². The summed E-state index contributed by atoms with van der Waals surface area (Å²) in [5.41, 5.74) is 0. The van der Waals surface area contributed by atoms with E-state index in [9.17, 15) is 26.3 Å². The Hall–Kier alpha value is -0.540. The molecular formula is C6H10F6O3. The van der Waals surface area contributed by atoms with Crippen molar-refractivity contribution >= 4 is 0 Å². The van der Waals surface area contributed by atoms with Crippen LogP contribution in [0.25, 0.3) is 0 Å². The van der Waals surface area contributed by atoms with Gasteiger partial charge in [-0.1, -0.05) is 0 Å². The van der Waals surface area contributed by atoms with Gasteiger partial charge < -0.3 is 15.3 Å². The lowest BCUT2D eigenvalue weighted by molar-refractivity contribution is -0.244. The average molecular weight is 244 g/mol. The molecule has 0 aliphatic heterocycles. The smallest absolute Gasteiger partial charge is 0.400 e. The molecular weight excluding hydrogens is 234 g/mol. The van der Waals surface area contributed by atoms with Crippen molar-refractivity contribution in [3.05, 3.63) is 0 Å². The molecule has 94 valence electrons. The number of rotatable bonds is 2. The number of hydrogen-bond donors (Lipinski definition) is 3. The van der Waals surface area contributed by atoms with Crippen LogP contribution in [0.4, 0.5) is 26.3 Å². The van der Waals surface area contributed by atoms with E-state index in [4.69, 9.17) is 15.3 Å².